The first-order valence-corrected chi connectivity index (χ1v) is 5.66. The molecule has 0 amide bonds. The molecule has 1 aromatic heterocycles. The molecule has 0 radical (unpaired) electrons. The molecule has 92 valence electrons. The average molecular weight is 235 g/mol. The maximum absolute atomic E-state index is 5.67. The molecule has 5 heteroatoms. The van der Waals surface area contributed by atoms with Crippen molar-refractivity contribution in [3.05, 3.63) is 18.2 Å². The number of fused-ring (bicyclic) bond motifs is 1. The van der Waals surface area contributed by atoms with Gasteiger partial charge < -0.3 is 20.2 Å². The van der Waals surface area contributed by atoms with Crippen LogP contribution in [-0.2, 0) is 4.74 Å². The molecular weight excluding hydrogens is 218 g/mol. The summed E-state index contributed by atoms with van der Waals surface area (Å²) >= 11 is 0. The highest BCUT2D eigenvalue weighted by Gasteiger charge is 2.05. The van der Waals surface area contributed by atoms with E-state index >= 15 is 0 Å². The number of rotatable bonds is 5. The summed E-state index contributed by atoms with van der Waals surface area (Å²) in [5.74, 6) is 0. The molecule has 1 aromatic carbocycles. The summed E-state index contributed by atoms with van der Waals surface area (Å²) in [5, 5.41) is 3.07. The maximum atomic E-state index is 5.67. The second-order valence-corrected chi connectivity index (χ2v) is 4.09. The molecule has 0 saturated heterocycles. The third-order valence-corrected chi connectivity index (χ3v) is 2.24. The third kappa shape index (κ3) is 3.10. The van der Waals surface area contributed by atoms with Crippen LogP contribution in [0.2, 0.25) is 0 Å². The lowest BCUT2D eigenvalue weighted by atomic mass is 10.3. The Labute approximate surface area is 100.0 Å². The van der Waals surface area contributed by atoms with Gasteiger partial charge in [0, 0.05) is 12.2 Å². The summed E-state index contributed by atoms with van der Waals surface area (Å²) in [6.45, 7) is 5.30. The monoisotopic (exact) mass is 235 g/mol. The Kier molecular flexibility index (Phi) is 3.49. The lowest BCUT2D eigenvalue weighted by molar-refractivity contribution is 0.0868. The number of hydrogen-bond donors (Lipinski definition) is 2. The molecular formula is C12H17N3O2. The number of anilines is 2. The van der Waals surface area contributed by atoms with Crippen molar-refractivity contribution in [3.8, 4) is 0 Å². The summed E-state index contributed by atoms with van der Waals surface area (Å²) in [6, 6.07) is 5.89. The van der Waals surface area contributed by atoms with Gasteiger partial charge in [0.1, 0.15) is 5.52 Å². The molecule has 0 saturated carbocycles. The summed E-state index contributed by atoms with van der Waals surface area (Å²) in [7, 11) is 0. The molecule has 0 aliphatic carbocycles. The third-order valence-electron chi connectivity index (χ3n) is 2.24. The van der Waals surface area contributed by atoms with Gasteiger partial charge in [0.25, 0.3) is 6.01 Å². The SMILES string of the molecule is CC(C)OCCNc1nc2cc(N)ccc2o1. The van der Waals surface area contributed by atoms with Gasteiger partial charge in [-0.1, -0.05) is 0 Å². The highest BCUT2D eigenvalue weighted by atomic mass is 16.5. The van der Waals surface area contributed by atoms with Crippen molar-refractivity contribution in [2.24, 2.45) is 0 Å². The number of oxazole rings is 1. The molecule has 0 bridgehead atoms. The van der Waals surface area contributed by atoms with Gasteiger partial charge in [-0.3, -0.25) is 0 Å². The van der Waals surface area contributed by atoms with Crippen LogP contribution < -0.4 is 11.1 Å². The first kappa shape index (κ1) is 11.7. The van der Waals surface area contributed by atoms with Gasteiger partial charge in [0.15, 0.2) is 5.58 Å². The second-order valence-electron chi connectivity index (χ2n) is 4.09. The van der Waals surface area contributed by atoms with Crippen molar-refractivity contribution in [2.45, 2.75) is 20.0 Å². The molecule has 0 aliphatic heterocycles. The average Bonchev–Trinajstić information content (AvgIpc) is 2.66. The summed E-state index contributed by atoms with van der Waals surface area (Å²) in [6.07, 6.45) is 0.236. The minimum Gasteiger partial charge on any atom is -0.424 e. The predicted octanol–water partition coefficient (Wildman–Crippen LogP) is 2.25. The largest absolute Gasteiger partial charge is 0.424 e. The molecule has 0 spiro atoms. The van der Waals surface area contributed by atoms with E-state index in [1.807, 2.05) is 19.9 Å². The Morgan fingerprint density at radius 2 is 2.29 bits per heavy atom. The van der Waals surface area contributed by atoms with Crippen molar-refractivity contribution >= 4 is 22.8 Å². The molecule has 0 fully saturated rings. The summed E-state index contributed by atoms with van der Waals surface area (Å²) in [4.78, 5) is 4.28. The summed E-state index contributed by atoms with van der Waals surface area (Å²) in [5.41, 5.74) is 7.84. The number of ether oxygens (including phenoxy) is 1. The minimum absolute atomic E-state index is 0.236. The lowest BCUT2D eigenvalue weighted by Crippen LogP contribution is -2.13. The molecule has 0 unspecified atom stereocenters. The Bertz CT molecular complexity index is 493. The molecule has 17 heavy (non-hydrogen) atoms. The van der Waals surface area contributed by atoms with Crippen LogP contribution in [0.3, 0.4) is 0 Å². The zero-order valence-electron chi connectivity index (χ0n) is 10.1. The van der Waals surface area contributed by atoms with Crippen LogP contribution in [0, 0.1) is 0 Å². The van der Waals surface area contributed by atoms with E-state index < -0.39 is 0 Å². The smallest absolute Gasteiger partial charge is 0.295 e. The van der Waals surface area contributed by atoms with Gasteiger partial charge in [0.2, 0.25) is 0 Å². The fourth-order valence-corrected chi connectivity index (χ4v) is 1.47. The van der Waals surface area contributed by atoms with Crippen LogP contribution in [0.4, 0.5) is 11.7 Å². The fourth-order valence-electron chi connectivity index (χ4n) is 1.47. The standard InChI is InChI=1S/C12H17N3O2/c1-8(2)16-6-5-14-12-15-10-7-9(13)3-4-11(10)17-12/h3-4,7-8H,5-6,13H2,1-2H3,(H,14,15). The zero-order chi connectivity index (χ0) is 12.3. The van der Waals surface area contributed by atoms with Crippen molar-refractivity contribution in [2.75, 3.05) is 24.2 Å². The Morgan fingerprint density at radius 1 is 1.47 bits per heavy atom. The number of aromatic nitrogens is 1. The molecule has 3 N–H and O–H groups in total. The number of hydrogen-bond acceptors (Lipinski definition) is 5. The topological polar surface area (TPSA) is 73.3 Å². The van der Waals surface area contributed by atoms with E-state index in [9.17, 15) is 0 Å². The number of nitrogen functional groups attached to an aromatic ring is 1. The van der Waals surface area contributed by atoms with Gasteiger partial charge in [-0.2, -0.15) is 4.98 Å². The Morgan fingerprint density at radius 3 is 3.06 bits per heavy atom. The van der Waals surface area contributed by atoms with Crippen LogP contribution >= 0.6 is 0 Å². The normalized spacial score (nSPS) is 11.2. The van der Waals surface area contributed by atoms with Crippen molar-refractivity contribution in [3.63, 3.8) is 0 Å². The van der Waals surface area contributed by atoms with E-state index in [4.69, 9.17) is 14.9 Å². The van der Waals surface area contributed by atoms with Crippen LogP contribution in [0.1, 0.15) is 13.8 Å². The van der Waals surface area contributed by atoms with E-state index in [1.165, 1.54) is 0 Å². The van der Waals surface area contributed by atoms with Gasteiger partial charge in [0.05, 0.1) is 12.7 Å². The van der Waals surface area contributed by atoms with Gasteiger partial charge in [-0.05, 0) is 32.0 Å². The van der Waals surface area contributed by atoms with Crippen LogP contribution in [0.15, 0.2) is 22.6 Å². The van der Waals surface area contributed by atoms with Crippen molar-refractivity contribution in [1.29, 1.82) is 0 Å². The number of nitrogens with two attached hydrogens (primary N) is 1. The van der Waals surface area contributed by atoms with Gasteiger partial charge in [-0.15, -0.1) is 0 Å². The molecule has 2 aromatic rings. The maximum Gasteiger partial charge on any atom is 0.295 e. The molecule has 2 rings (SSSR count). The zero-order valence-corrected chi connectivity index (χ0v) is 10.1. The van der Waals surface area contributed by atoms with Crippen molar-refractivity contribution < 1.29 is 9.15 Å². The van der Waals surface area contributed by atoms with Gasteiger partial charge in [-0.25, -0.2) is 0 Å². The predicted molar refractivity (Wildman–Crippen MR) is 68.0 cm³/mol. The Hall–Kier alpha value is -1.75. The molecule has 5 nitrogen and oxygen atoms in total. The minimum atomic E-state index is 0.236. The number of nitrogens with zero attached hydrogens (tertiary/aromatic N) is 1. The van der Waals surface area contributed by atoms with Crippen LogP contribution in [-0.4, -0.2) is 24.2 Å². The van der Waals surface area contributed by atoms with E-state index in [1.54, 1.807) is 12.1 Å². The highest BCUT2D eigenvalue weighted by molar-refractivity contribution is 5.78. The van der Waals surface area contributed by atoms with Crippen molar-refractivity contribution in [1.82, 2.24) is 4.98 Å². The second kappa shape index (κ2) is 5.05. The van der Waals surface area contributed by atoms with E-state index in [0.29, 0.717) is 24.9 Å². The number of benzene rings is 1. The van der Waals surface area contributed by atoms with Gasteiger partial charge >= 0.3 is 0 Å². The van der Waals surface area contributed by atoms with E-state index in [-0.39, 0.29) is 6.10 Å². The first-order valence-electron chi connectivity index (χ1n) is 5.66. The number of nitrogens with one attached hydrogen (secondary N) is 1. The molecule has 1 heterocycles. The molecule has 0 aliphatic rings. The van der Waals surface area contributed by atoms with Crippen LogP contribution in [0.5, 0.6) is 0 Å². The fraction of sp³-hybridized carbons (Fsp3) is 0.417. The quantitative estimate of drug-likeness (QED) is 0.614. The van der Waals surface area contributed by atoms with E-state index in [2.05, 4.69) is 10.3 Å². The summed E-state index contributed by atoms with van der Waals surface area (Å²) < 4.78 is 10.9. The van der Waals surface area contributed by atoms with Crippen LogP contribution in [0.25, 0.3) is 11.1 Å². The highest BCUT2D eigenvalue weighted by Crippen LogP contribution is 2.20. The first-order chi connectivity index (χ1) is 8.15. The van der Waals surface area contributed by atoms with E-state index in [0.717, 1.165) is 11.1 Å². The Balaban J connectivity index is 1.95. The lowest BCUT2D eigenvalue weighted by Gasteiger charge is -2.06. The molecule has 0 atom stereocenters.